The number of nitrogens with one attached hydrogen (secondary N) is 1. The minimum absolute atomic E-state index is 0.00136. The molecule has 33 heavy (non-hydrogen) atoms. The summed E-state index contributed by atoms with van der Waals surface area (Å²) in [5.74, 6) is 0. The van der Waals surface area contributed by atoms with Crippen molar-refractivity contribution in [3.8, 4) is 0 Å². The van der Waals surface area contributed by atoms with Crippen LogP contribution in [0.4, 0.5) is 0 Å². The summed E-state index contributed by atoms with van der Waals surface area (Å²) in [5.41, 5.74) is 5.23. The highest BCUT2D eigenvalue weighted by atomic mass is 32.2. The minimum atomic E-state index is -3.79. The fourth-order valence-electron chi connectivity index (χ4n) is 4.20. The van der Waals surface area contributed by atoms with Gasteiger partial charge in [-0.1, -0.05) is 54.1 Å². The minimum Gasteiger partial charge on any atom is -0.321 e. The highest BCUT2D eigenvalue weighted by Gasteiger charge is 2.25. The largest absolute Gasteiger partial charge is 0.321 e. The van der Waals surface area contributed by atoms with Gasteiger partial charge in [-0.25, -0.2) is 8.42 Å². The number of aromatic nitrogens is 1. The molecule has 0 aliphatic carbocycles. The molecule has 0 unspecified atom stereocenters. The lowest BCUT2D eigenvalue weighted by atomic mass is 10.0. The second-order valence-corrected chi connectivity index (χ2v) is 10.4. The molecule has 4 aromatic rings. The quantitative estimate of drug-likeness (QED) is 0.427. The molecule has 5 nitrogen and oxygen atoms in total. The Bertz CT molecular complexity index is 1460. The maximum Gasteiger partial charge on any atom is 0.252 e. The van der Waals surface area contributed by atoms with Crippen molar-refractivity contribution in [1.29, 1.82) is 0 Å². The number of aryl methyl sites for hydroxylation is 3. The van der Waals surface area contributed by atoms with Crippen LogP contribution in [0.25, 0.3) is 10.9 Å². The van der Waals surface area contributed by atoms with E-state index in [9.17, 15) is 13.2 Å². The standard InChI is InChI=1S/C27H28N2O3S/c1-19-15-21(3)26-23(16-19)17-24(27(30)28-26)18-29(14-13-22-10-8-7-9-20(22)2)33(31,32)25-11-5-4-6-12-25/h4-12,15-17H,13-14,18H2,1-3H3,(H,28,30). The van der Waals surface area contributed by atoms with E-state index in [0.29, 0.717) is 12.0 Å². The molecular weight excluding hydrogens is 432 g/mol. The zero-order valence-electron chi connectivity index (χ0n) is 19.1. The molecule has 0 aliphatic rings. The summed E-state index contributed by atoms with van der Waals surface area (Å²) < 4.78 is 28.5. The number of H-pyrrole nitrogens is 1. The van der Waals surface area contributed by atoms with E-state index in [0.717, 1.165) is 33.2 Å². The van der Waals surface area contributed by atoms with Crippen LogP contribution < -0.4 is 5.56 Å². The maximum atomic E-state index is 13.5. The number of hydrogen-bond donors (Lipinski definition) is 1. The summed E-state index contributed by atoms with van der Waals surface area (Å²) >= 11 is 0. The molecular formula is C27H28N2O3S. The molecule has 0 spiro atoms. The van der Waals surface area contributed by atoms with Crippen molar-refractivity contribution < 1.29 is 8.42 Å². The van der Waals surface area contributed by atoms with E-state index < -0.39 is 10.0 Å². The van der Waals surface area contributed by atoms with E-state index in [1.54, 1.807) is 30.3 Å². The zero-order valence-corrected chi connectivity index (χ0v) is 19.9. The lowest BCUT2D eigenvalue weighted by molar-refractivity contribution is 0.408. The van der Waals surface area contributed by atoms with Gasteiger partial charge in [0.2, 0.25) is 10.0 Å². The van der Waals surface area contributed by atoms with Gasteiger partial charge in [0, 0.05) is 18.7 Å². The predicted octanol–water partition coefficient (Wildman–Crippen LogP) is 4.89. The first-order valence-electron chi connectivity index (χ1n) is 11.0. The highest BCUT2D eigenvalue weighted by molar-refractivity contribution is 7.89. The van der Waals surface area contributed by atoms with Gasteiger partial charge in [-0.3, -0.25) is 4.79 Å². The lowest BCUT2D eigenvalue weighted by Crippen LogP contribution is -2.34. The van der Waals surface area contributed by atoms with Crippen LogP contribution >= 0.6 is 0 Å². The van der Waals surface area contributed by atoms with Crippen LogP contribution in [0.5, 0.6) is 0 Å². The van der Waals surface area contributed by atoms with Gasteiger partial charge in [0.05, 0.1) is 10.4 Å². The van der Waals surface area contributed by atoms with Crippen LogP contribution in [0.3, 0.4) is 0 Å². The Hall–Kier alpha value is -3.22. The fourth-order valence-corrected chi connectivity index (χ4v) is 5.64. The molecule has 4 rings (SSSR count). The van der Waals surface area contributed by atoms with Crippen LogP contribution in [-0.4, -0.2) is 24.3 Å². The number of rotatable bonds is 7. The Morgan fingerprint density at radius 2 is 1.52 bits per heavy atom. The number of sulfonamides is 1. The topological polar surface area (TPSA) is 70.2 Å². The highest BCUT2D eigenvalue weighted by Crippen LogP contribution is 2.22. The summed E-state index contributed by atoms with van der Waals surface area (Å²) in [4.78, 5) is 16.1. The first kappa shape index (κ1) is 23.0. The van der Waals surface area contributed by atoms with Gasteiger partial charge in [0.25, 0.3) is 5.56 Å². The average molecular weight is 461 g/mol. The Kier molecular flexibility index (Phi) is 6.49. The van der Waals surface area contributed by atoms with Crippen LogP contribution in [0.1, 0.15) is 27.8 Å². The molecule has 1 aromatic heterocycles. The van der Waals surface area contributed by atoms with Crippen molar-refractivity contribution in [1.82, 2.24) is 9.29 Å². The van der Waals surface area contributed by atoms with Crippen molar-refractivity contribution in [2.24, 2.45) is 0 Å². The second kappa shape index (κ2) is 9.33. The maximum absolute atomic E-state index is 13.5. The van der Waals surface area contributed by atoms with Gasteiger partial charge in [0.15, 0.2) is 0 Å². The fraction of sp³-hybridized carbons (Fsp3) is 0.222. The summed E-state index contributed by atoms with van der Waals surface area (Å²) in [7, 11) is -3.79. The summed E-state index contributed by atoms with van der Waals surface area (Å²) in [5, 5.41) is 0.901. The molecule has 0 fully saturated rings. The first-order valence-corrected chi connectivity index (χ1v) is 12.4. The molecule has 0 bridgehead atoms. The van der Waals surface area contributed by atoms with Crippen molar-refractivity contribution in [2.45, 2.75) is 38.6 Å². The molecule has 0 aliphatic heterocycles. The van der Waals surface area contributed by atoms with E-state index in [1.807, 2.05) is 63.2 Å². The molecule has 1 N–H and O–H groups in total. The van der Waals surface area contributed by atoms with Crippen LogP contribution in [0.15, 0.2) is 82.5 Å². The first-order chi connectivity index (χ1) is 15.8. The van der Waals surface area contributed by atoms with Gasteiger partial charge >= 0.3 is 0 Å². The van der Waals surface area contributed by atoms with Gasteiger partial charge < -0.3 is 4.98 Å². The molecule has 0 atom stereocenters. The summed E-state index contributed by atoms with van der Waals surface area (Å²) in [6.07, 6.45) is 0.558. The van der Waals surface area contributed by atoms with Crippen molar-refractivity contribution >= 4 is 20.9 Å². The molecule has 3 aromatic carbocycles. The van der Waals surface area contributed by atoms with Crippen molar-refractivity contribution in [2.75, 3.05) is 6.54 Å². The third-order valence-corrected chi connectivity index (χ3v) is 7.85. The number of pyridine rings is 1. The zero-order chi connectivity index (χ0) is 23.6. The number of fused-ring (bicyclic) bond motifs is 1. The number of benzene rings is 3. The van der Waals surface area contributed by atoms with Gasteiger partial charge in [0.1, 0.15) is 0 Å². The normalized spacial score (nSPS) is 11.9. The second-order valence-electron chi connectivity index (χ2n) is 8.50. The SMILES string of the molecule is Cc1cc(C)c2[nH]c(=O)c(CN(CCc3ccccc3C)S(=O)(=O)c3ccccc3)cc2c1. The van der Waals surface area contributed by atoms with Crippen molar-refractivity contribution in [3.63, 3.8) is 0 Å². The smallest absolute Gasteiger partial charge is 0.252 e. The van der Waals surface area contributed by atoms with E-state index in [-0.39, 0.29) is 23.5 Å². The van der Waals surface area contributed by atoms with Crippen molar-refractivity contribution in [3.05, 3.63) is 111 Å². The predicted molar refractivity (Wildman–Crippen MR) is 133 cm³/mol. The number of hydrogen-bond acceptors (Lipinski definition) is 3. The molecule has 6 heteroatoms. The molecule has 170 valence electrons. The van der Waals surface area contributed by atoms with Crippen LogP contribution in [0, 0.1) is 20.8 Å². The van der Waals surface area contributed by atoms with Crippen LogP contribution in [0.2, 0.25) is 0 Å². The van der Waals surface area contributed by atoms with Gasteiger partial charge in [-0.15, -0.1) is 0 Å². The number of aromatic amines is 1. The summed E-state index contributed by atoms with van der Waals surface area (Å²) in [6.45, 7) is 6.25. The van der Waals surface area contributed by atoms with E-state index >= 15 is 0 Å². The van der Waals surface area contributed by atoms with E-state index in [2.05, 4.69) is 4.98 Å². The Morgan fingerprint density at radius 1 is 0.818 bits per heavy atom. The average Bonchev–Trinajstić information content (AvgIpc) is 2.79. The molecule has 0 radical (unpaired) electrons. The lowest BCUT2D eigenvalue weighted by Gasteiger charge is -2.23. The van der Waals surface area contributed by atoms with E-state index in [4.69, 9.17) is 0 Å². The third kappa shape index (κ3) is 4.92. The third-order valence-electron chi connectivity index (χ3n) is 5.99. The molecule has 0 amide bonds. The monoisotopic (exact) mass is 460 g/mol. The molecule has 0 saturated carbocycles. The number of nitrogens with zero attached hydrogens (tertiary/aromatic N) is 1. The van der Waals surface area contributed by atoms with Crippen LogP contribution in [-0.2, 0) is 23.0 Å². The summed E-state index contributed by atoms with van der Waals surface area (Å²) in [6, 6.07) is 22.2. The Morgan fingerprint density at radius 3 is 2.24 bits per heavy atom. The molecule has 0 saturated heterocycles. The van der Waals surface area contributed by atoms with E-state index in [1.165, 1.54) is 4.31 Å². The van der Waals surface area contributed by atoms with Gasteiger partial charge in [-0.05, 0) is 73.5 Å². The van der Waals surface area contributed by atoms with Gasteiger partial charge in [-0.2, -0.15) is 4.31 Å². The Balaban J connectivity index is 1.74. The Labute approximate surface area is 194 Å². The molecule has 1 heterocycles.